The quantitative estimate of drug-likeness (QED) is 0.107. The first-order valence-corrected chi connectivity index (χ1v) is 17.6. The van der Waals surface area contributed by atoms with Gasteiger partial charge in [0.25, 0.3) is 0 Å². The van der Waals surface area contributed by atoms with Gasteiger partial charge in [-0.2, -0.15) is 0 Å². The first-order valence-electron chi connectivity index (χ1n) is 17.6. The summed E-state index contributed by atoms with van der Waals surface area (Å²) in [4.78, 5) is 5.01. The van der Waals surface area contributed by atoms with Crippen LogP contribution in [0.15, 0.2) is 97.1 Å². The average molecular weight is 589 g/mol. The normalized spacial score (nSPS) is 11.1. The average Bonchev–Trinajstić information content (AvgIpc) is 3.08. The summed E-state index contributed by atoms with van der Waals surface area (Å²) in [7, 11) is 0. The molecule has 0 amide bonds. The molecule has 2 nitrogen and oxygen atoms in total. The van der Waals surface area contributed by atoms with Crippen molar-refractivity contribution < 1.29 is 0 Å². The molecule has 4 aromatic carbocycles. The Morgan fingerprint density at radius 3 is 0.705 bits per heavy atom. The maximum Gasteiger partial charge on any atom is 0.0411 e. The number of unbranched alkanes of at least 4 members (excludes halogenated alkanes) is 4. The van der Waals surface area contributed by atoms with Crippen LogP contribution in [0.2, 0.25) is 0 Å². The second-order valence-electron chi connectivity index (χ2n) is 12.4. The lowest BCUT2D eigenvalue weighted by Gasteiger charge is -2.31. The van der Waals surface area contributed by atoms with Gasteiger partial charge in [0.2, 0.25) is 0 Å². The zero-order valence-corrected chi connectivity index (χ0v) is 28.0. The van der Waals surface area contributed by atoms with E-state index in [1.54, 1.807) is 0 Å². The molecule has 0 aliphatic rings. The van der Waals surface area contributed by atoms with E-state index >= 15 is 0 Å². The van der Waals surface area contributed by atoms with E-state index in [0.29, 0.717) is 0 Å². The maximum atomic E-state index is 2.51. The minimum atomic E-state index is 0.887. The fraction of sp³-hybridized carbons (Fsp3) is 0.429. The highest BCUT2D eigenvalue weighted by Crippen LogP contribution is 2.30. The Labute approximate surface area is 269 Å². The molecule has 0 radical (unpaired) electrons. The van der Waals surface area contributed by atoms with Crippen molar-refractivity contribution in [3.8, 4) is 0 Å². The van der Waals surface area contributed by atoms with E-state index < -0.39 is 0 Å². The molecule has 4 aromatic rings. The lowest BCUT2D eigenvalue weighted by atomic mass is 10.1. The third kappa shape index (κ3) is 10.0. The molecule has 0 N–H and O–H groups in total. The molecular formula is C42H56N2. The monoisotopic (exact) mass is 588 g/mol. The Morgan fingerprint density at radius 2 is 0.523 bits per heavy atom. The molecule has 0 fully saturated rings. The fourth-order valence-electron chi connectivity index (χ4n) is 5.91. The highest BCUT2D eigenvalue weighted by molar-refractivity contribution is 5.67. The number of anilines is 4. The summed E-state index contributed by atoms with van der Waals surface area (Å²) in [6.45, 7) is 10.8. The number of nitrogens with zero attached hydrogens (tertiary/aromatic N) is 2. The van der Waals surface area contributed by atoms with Crippen LogP contribution in [0.3, 0.4) is 0 Å². The van der Waals surface area contributed by atoms with E-state index in [2.05, 4.69) is 135 Å². The highest BCUT2D eigenvalue weighted by atomic mass is 15.2. The van der Waals surface area contributed by atoms with Gasteiger partial charge in [0.1, 0.15) is 0 Å². The highest BCUT2D eigenvalue weighted by Gasteiger charge is 2.15. The molecule has 0 bridgehead atoms. The van der Waals surface area contributed by atoms with Crippen LogP contribution in [0.5, 0.6) is 0 Å². The lowest BCUT2D eigenvalue weighted by Crippen LogP contribution is -2.30. The predicted molar refractivity (Wildman–Crippen MR) is 194 cm³/mol. The van der Waals surface area contributed by atoms with E-state index in [9.17, 15) is 0 Å². The van der Waals surface area contributed by atoms with Gasteiger partial charge in [-0.3, -0.25) is 0 Å². The molecule has 0 saturated carbocycles. The molecular weight excluding hydrogens is 532 g/mol. The van der Waals surface area contributed by atoms with Gasteiger partial charge in [-0.05, 0) is 122 Å². The van der Waals surface area contributed by atoms with Crippen molar-refractivity contribution in [2.75, 3.05) is 22.9 Å². The summed E-state index contributed by atoms with van der Waals surface area (Å²) < 4.78 is 0. The smallest absolute Gasteiger partial charge is 0.0411 e. The molecule has 0 spiro atoms. The summed E-state index contributed by atoms with van der Waals surface area (Å²) in [5, 5.41) is 0. The van der Waals surface area contributed by atoms with E-state index in [1.807, 2.05) is 0 Å². The summed E-state index contributed by atoms with van der Waals surface area (Å²) in [5.74, 6) is 0. The molecule has 44 heavy (non-hydrogen) atoms. The Bertz CT molecular complexity index is 1110. The summed E-state index contributed by atoms with van der Waals surface area (Å²) in [6, 6.07) is 37.2. The van der Waals surface area contributed by atoms with Crippen molar-refractivity contribution in [3.05, 3.63) is 119 Å². The zero-order chi connectivity index (χ0) is 31.0. The summed E-state index contributed by atoms with van der Waals surface area (Å²) in [5.41, 5.74) is 10.8. The number of hydrogen-bond donors (Lipinski definition) is 0. The van der Waals surface area contributed by atoms with Gasteiger partial charge >= 0.3 is 0 Å². The van der Waals surface area contributed by atoms with Gasteiger partial charge in [0.05, 0.1) is 0 Å². The number of benzene rings is 4. The molecule has 0 aliphatic heterocycles. The maximum absolute atomic E-state index is 2.51. The Hall–Kier alpha value is -3.52. The molecule has 234 valence electrons. The number of hydrogen-bond acceptors (Lipinski definition) is 2. The van der Waals surface area contributed by atoms with Crippen LogP contribution in [0.25, 0.3) is 0 Å². The number of aryl methyl sites for hydroxylation is 4. The summed E-state index contributed by atoms with van der Waals surface area (Å²) in [6.07, 6.45) is 14.5. The Morgan fingerprint density at radius 1 is 0.318 bits per heavy atom. The van der Waals surface area contributed by atoms with E-state index in [0.717, 1.165) is 38.8 Å². The van der Waals surface area contributed by atoms with Gasteiger partial charge < -0.3 is 9.80 Å². The van der Waals surface area contributed by atoms with Gasteiger partial charge in [-0.25, -0.2) is 0 Å². The van der Waals surface area contributed by atoms with Gasteiger partial charge in [0, 0.05) is 35.8 Å². The molecule has 0 atom stereocenters. The van der Waals surface area contributed by atoms with Crippen LogP contribution in [0.1, 0.15) is 101 Å². The third-order valence-electron chi connectivity index (χ3n) is 8.82. The van der Waals surface area contributed by atoms with Crippen LogP contribution in [-0.2, 0) is 25.7 Å². The van der Waals surface area contributed by atoms with Crippen LogP contribution in [-0.4, -0.2) is 13.1 Å². The Balaban J connectivity index is 1.62. The van der Waals surface area contributed by atoms with Crippen molar-refractivity contribution in [2.45, 2.75) is 105 Å². The van der Waals surface area contributed by atoms with E-state index in [1.165, 1.54) is 96.4 Å². The molecule has 0 unspecified atom stereocenters. The molecule has 0 saturated heterocycles. The van der Waals surface area contributed by atoms with Crippen molar-refractivity contribution in [2.24, 2.45) is 0 Å². The van der Waals surface area contributed by atoms with Crippen molar-refractivity contribution in [1.82, 2.24) is 0 Å². The predicted octanol–water partition coefficient (Wildman–Crippen LogP) is 12.0. The fourth-order valence-corrected chi connectivity index (χ4v) is 5.91. The van der Waals surface area contributed by atoms with Crippen LogP contribution >= 0.6 is 0 Å². The molecule has 2 heteroatoms. The largest absolute Gasteiger partial charge is 0.340 e. The minimum absolute atomic E-state index is 0.887. The van der Waals surface area contributed by atoms with Crippen molar-refractivity contribution >= 4 is 22.7 Å². The zero-order valence-electron chi connectivity index (χ0n) is 28.0. The first kappa shape index (κ1) is 33.4. The second kappa shape index (κ2) is 18.3. The van der Waals surface area contributed by atoms with Crippen LogP contribution in [0.4, 0.5) is 22.7 Å². The van der Waals surface area contributed by atoms with E-state index in [4.69, 9.17) is 0 Å². The van der Waals surface area contributed by atoms with Gasteiger partial charge in [-0.1, -0.05) is 102 Å². The van der Waals surface area contributed by atoms with Crippen LogP contribution in [0, 0.1) is 0 Å². The van der Waals surface area contributed by atoms with Crippen LogP contribution < -0.4 is 9.80 Å². The second-order valence-corrected chi connectivity index (χ2v) is 12.4. The topological polar surface area (TPSA) is 6.48 Å². The standard InChI is InChI=1S/C42H56N2/c1-5-9-13-35-17-25-39(26-18-35)43(40-27-19-36(20-28-40)14-10-6-2)33-34-44(41-29-21-37(22-30-41)15-11-7-3)42-31-23-38(24-32-42)16-12-8-4/h17-32H,5-16,33-34H2,1-4H3. The van der Waals surface area contributed by atoms with Gasteiger partial charge in [0.15, 0.2) is 0 Å². The molecule has 0 aliphatic carbocycles. The Kier molecular flexibility index (Phi) is 13.9. The third-order valence-corrected chi connectivity index (χ3v) is 8.82. The minimum Gasteiger partial charge on any atom is -0.340 e. The van der Waals surface area contributed by atoms with Crippen molar-refractivity contribution in [3.63, 3.8) is 0 Å². The lowest BCUT2D eigenvalue weighted by molar-refractivity contribution is 0.793. The molecule has 4 rings (SSSR count). The summed E-state index contributed by atoms with van der Waals surface area (Å²) >= 11 is 0. The van der Waals surface area contributed by atoms with Crippen molar-refractivity contribution in [1.29, 1.82) is 0 Å². The molecule has 0 heterocycles. The van der Waals surface area contributed by atoms with E-state index in [-0.39, 0.29) is 0 Å². The SMILES string of the molecule is CCCCc1ccc(N(CCN(c2ccc(CCCC)cc2)c2ccc(CCCC)cc2)c2ccc(CCCC)cc2)cc1. The first-order chi connectivity index (χ1) is 21.6. The number of rotatable bonds is 19. The molecule has 0 aromatic heterocycles. The van der Waals surface area contributed by atoms with Gasteiger partial charge in [-0.15, -0.1) is 0 Å².